The normalized spacial score (nSPS) is 10.3. The Kier molecular flexibility index (Phi) is 3.32. The summed E-state index contributed by atoms with van der Waals surface area (Å²) in [6.45, 7) is 3.63. The highest BCUT2D eigenvalue weighted by Crippen LogP contribution is 2.18. The molecule has 1 aromatic heterocycles. The number of ether oxygens (including phenoxy) is 1. The zero-order chi connectivity index (χ0) is 13.1. The predicted molar refractivity (Wildman–Crippen MR) is 63.7 cm³/mol. The van der Waals surface area contributed by atoms with Gasteiger partial charge in [0.05, 0.1) is 5.69 Å². The molecule has 5 heteroatoms. The zero-order valence-corrected chi connectivity index (χ0v) is 10.1. The first-order valence-corrected chi connectivity index (χ1v) is 5.46. The number of aromatic carboxylic acids is 1. The van der Waals surface area contributed by atoms with Crippen LogP contribution in [0.15, 0.2) is 28.7 Å². The Morgan fingerprint density at radius 1 is 1.39 bits per heavy atom. The maximum absolute atomic E-state index is 10.8. The van der Waals surface area contributed by atoms with Gasteiger partial charge in [0.15, 0.2) is 6.61 Å². The maximum Gasteiger partial charge on any atom is 0.373 e. The number of hydrogen-bond acceptors (Lipinski definition) is 4. The van der Waals surface area contributed by atoms with Crippen molar-refractivity contribution in [3.05, 3.63) is 47.2 Å². The second-order valence-electron chi connectivity index (χ2n) is 3.88. The summed E-state index contributed by atoms with van der Waals surface area (Å²) in [5.41, 5.74) is 1.35. The molecule has 0 aliphatic rings. The Balaban J connectivity index is 2.09. The summed E-state index contributed by atoms with van der Waals surface area (Å²) in [6, 6.07) is 7.55. The van der Waals surface area contributed by atoms with Gasteiger partial charge < -0.3 is 14.3 Å². The van der Waals surface area contributed by atoms with Crippen LogP contribution in [0.1, 0.15) is 27.7 Å². The highest BCUT2D eigenvalue weighted by atomic mass is 16.5. The fraction of sp³-hybridized carbons (Fsp3) is 0.231. The van der Waals surface area contributed by atoms with Crippen LogP contribution >= 0.6 is 0 Å². The van der Waals surface area contributed by atoms with Gasteiger partial charge in [0.1, 0.15) is 5.75 Å². The van der Waals surface area contributed by atoms with E-state index >= 15 is 0 Å². The summed E-state index contributed by atoms with van der Waals surface area (Å²) in [5, 5.41) is 8.83. The van der Waals surface area contributed by atoms with Crippen LogP contribution in [0, 0.1) is 13.8 Å². The van der Waals surface area contributed by atoms with Gasteiger partial charge in [0, 0.05) is 0 Å². The highest BCUT2D eigenvalue weighted by Gasteiger charge is 2.16. The molecule has 18 heavy (non-hydrogen) atoms. The Labute approximate surface area is 104 Å². The van der Waals surface area contributed by atoms with Crippen molar-refractivity contribution in [2.24, 2.45) is 0 Å². The maximum atomic E-state index is 10.8. The van der Waals surface area contributed by atoms with Gasteiger partial charge in [0.2, 0.25) is 11.7 Å². The second kappa shape index (κ2) is 4.91. The minimum absolute atomic E-state index is 0.110. The first-order valence-electron chi connectivity index (χ1n) is 5.46. The lowest BCUT2D eigenvalue weighted by Crippen LogP contribution is -1.97. The molecule has 0 amide bonds. The van der Waals surface area contributed by atoms with Crippen LogP contribution in [0.3, 0.4) is 0 Å². The number of carboxylic acid groups (broad SMARTS) is 1. The van der Waals surface area contributed by atoms with E-state index in [2.05, 4.69) is 4.98 Å². The lowest BCUT2D eigenvalue weighted by molar-refractivity contribution is 0.0657. The van der Waals surface area contributed by atoms with Gasteiger partial charge in [-0.15, -0.1) is 0 Å². The van der Waals surface area contributed by atoms with Crippen molar-refractivity contribution in [2.75, 3.05) is 0 Å². The van der Waals surface area contributed by atoms with E-state index in [1.54, 1.807) is 6.92 Å². The van der Waals surface area contributed by atoms with Crippen molar-refractivity contribution < 1.29 is 19.1 Å². The third-order valence-corrected chi connectivity index (χ3v) is 2.48. The molecule has 0 saturated carbocycles. The molecule has 1 aromatic carbocycles. The van der Waals surface area contributed by atoms with E-state index in [-0.39, 0.29) is 18.3 Å². The van der Waals surface area contributed by atoms with Crippen LogP contribution in [-0.4, -0.2) is 16.1 Å². The molecule has 0 bridgehead atoms. The molecule has 5 nitrogen and oxygen atoms in total. The van der Waals surface area contributed by atoms with Gasteiger partial charge in [-0.25, -0.2) is 9.78 Å². The summed E-state index contributed by atoms with van der Waals surface area (Å²) in [7, 11) is 0. The highest BCUT2D eigenvalue weighted by molar-refractivity contribution is 5.85. The SMILES string of the molecule is Cc1ccccc1OCc1nc(C)c(C(=O)O)o1. The summed E-state index contributed by atoms with van der Waals surface area (Å²) < 4.78 is 10.6. The molecule has 1 heterocycles. The van der Waals surface area contributed by atoms with E-state index in [4.69, 9.17) is 14.3 Å². The van der Waals surface area contributed by atoms with Crippen LogP contribution in [0.25, 0.3) is 0 Å². The molecule has 2 aromatic rings. The third kappa shape index (κ3) is 2.51. The molecular weight excluding hydrogens is 234 g/mol. The number of nitrogens with zero attached hydrogens (tertiary/aromatic N) is 1. The quantitative estimate of drug-likeness (QED) is 0.898. The van der Waals surface area contributed by atoms with Gasteiger partial charge in [-0.2, -0.15) is 0 Å². The minimum Gasteiger partial charge on any atom is -0.484 e. The van der Waals surface area contributed by atoms with Gasteiger partial charge >= 0.3 is 5.97 Å². The third-order valence-electron chi connectivity index (χ3n) is 2.48. The molecule has 0 fully saturated rings. The molecule has 0 unspecified atom stereocenters. The van der Waals surface area contributed by atoms with Gasteiger partial charge in [0.25, 0.3) is 0 Å². The molecule has 94 valence electrons. The zero-order valence-electron chi connectivity index (χ0n) is 10.1. The van der Waals surface area contributed by atoms with Crippen molar-refractivity contribution in [1.82, 2.24) is 4.98 Å². The fourth-order valence-corrected chi connectivity index (χ4v) is 1.57. The molecule has 0 radical (unpaired) electrons. The summed E-state index contributed by atoms with van der Waals surface area (Å²) in [6.07, 6.45) is 0. The van der Waals surface area contributed by atoms with Crippen LogP contribution < -0.4 is 4.74 Å². The van der Waals surface area contributed by atoms with E-state index in [0.29, 0.717) is 5.69 Å². The van der Waals surface area contributed by atoms with Gasteiger partial charge in [-0.05, 0) is 25.5 Å². The average molecular weight is 247 g/mol. The largest absolute Gasteiger partial charge is 0.484 e. The topological polar surface area (TPSA) is 72.6 Å². The van der Waals surface area contributed by atoms with E-state index in [1.165, 1.54) is 0 Å². The van der Waals surface area contributed by atoms with Crippen molar-refractivity contribution in [3.8, 4) is 5.75 Å². The molecule has 0 aliphatic carbocycles. The molecule has 0 aliphatic heterocycles. The van der Waals surface area contributed by atoms with E-state index in [0.717, 1.165) is 11.3 Å². The average Bonchev–Trinajstić information content (AvgIpc) is 2.70. The van der Waals surface area contributed by atoms with Gasteiger partial charge in [-0.3, -0.25) is 0 Å². The Hall–Kier alpha value is -2.30. The van der Waals surface area contributed by atoms with Gasteiger partial charge in [-0.1, -0.05) is 18.2 Å². The molecule has 2 rings (SSSR count). The number of para-hydroxylation sites is 1. The van der Waals surface area contributed by atoms with E-state index in [1.807, 2.05) is 31.2 Å². The molecule has 0 saturated heterocycles. The number of rotatable bonds is 4. The number of hydrogen-bond donors (Lipinski definition) is 1. The second-order valence-corrected chi connectivity index (χ2v) is 3.88. The Morgan fingerprint density at radius 3 is 2.72 bits per heavy atom. The Morgan fingerprint density at radius 2 is 2.11 bits per heavy atom. The summed E-state index contributed by atoms with van der Waals surface area (Å²) in [4.78, 5) is 14.8. The van der Waals surface area contributed by atoms with Crippen molar-refractivity contribution in [1.29, 1.82) is 0 Å². The van der Waals surface area contributed by atoms with E-state index in [9.17, 15) is 4.79 Å². The van der Waals surface area contributed by atoms with Crippen LogP contribution in [0.2, 0.25) is 0 Å². The number of benzene rings is 1. The minimum atomic E-state index is -1.12. The number of aromatic nitrogens is 1. The lowest BCUT2D eigenvalue weighted by Gasteiger charge is -2.05. The Bertz CT molecular complexity index is 574. The predicted octanol–water partition coefficient (Wildman–Crippen LogP) is 2.57. The lowest BCUT2D eigenvalue weighted by atomic mass is 10.2. The van der Waals surface area contributed by atoms with Crippen LogP contribution in [-0.2, 0) is 6.61 Å². The smallest absolute Gasteiger partial charge is 0.373 e. The summed E-state index contributed by atoms with van der Waals surface area (Å²) in [5.74, 6) is -0.279. The molecular formula is C13H13NO4. The fourth-order valence-electron chi connectivity index (χ4n) is 1.57. The number of aryl methyl sites for hydroxylation is 2. The van der Waals surface area contributed by atoms with Crippen LogP contribution in [0.5, 0.6) is 5.75 Å². The van der Waals surface area contributed by atoms with Crippen LogP contribution in [0.4, 0.5) is 0 Å². The van der Waals surface area contributed by atoms with Crippen molar-refractivity contribution in [2.45, 2.75) is 20.5 Å². The summed E-state index contributed by atoms with van der Waals surface area (Å²) >= 11 is 0. The van der Waals surface area contributed by atoms with Crippen molar-refractivity contribution >= 4 is 5.97 Å². The number of carbonyl (C=O) groups is 1. The molecule has 1 N–H and O–H groups in total. The monoisotopic (exact) mass is 247 g/mol. The number of carboxylic acids is 1. The standard InChI is InChI=1S/C13H13NO4/c1-8-5-3-4-6-10(8)17-7-11-14-9(2)12(18-11)13(15)16/h3-6H,7H2,1-2H3,(H,15,16). The molecule has 0 atom stereocenters. The van der Waals surface area contributed by atoms with E-state index < -0.39 is 5.97 Å². The first-order chi connectivity index (χ1) is 8.58. The number of oxazole rings is 1. The first kappa shape index (κ1) is 12.2. The van der Waals surface area contributed by atoms with Crippen molar-refractivity contribution in [3.63, 3.8) is 0 Å². The molecule has 0 spiro atoms.